The van der Waals surface area contributed by atoms with Crippen LogP contribution in [0.3, 0.4) is 0 Å². The van der Waals surface area contributed by atoms with E-state index in [1.54, 1.807) is 31.2 Å². The van der Waals surface area contributed by atoms with Gasteiger partial charge >= 0.3 is 0 Å². The number of sulfonamides is 1. The van der Waals surface area contributed by atoms with Gasteiger partial charge in [-0.15, -0.1) is 0 Å². The van der Waals surface area contributed by atoms with Gasteiger partial charge in [0.05, 0.1) is 39.0 Å². The quantitative estimate of drug-likeness (QED) is 0.475. The second kappa shape index (κ2) is 10.1. The molecule has 0 radical (unpaired) electrons. The summed E-state index contributed by atoms with van der Waals surface area (Å²) >= 11 is 0. The molecule has 2 aromatic carbocycles. The van der Waals surface area contributed by atoms with Crippen molar-refractivity contribution in [2.45, 2.75) is 11.8 Å². The average molecular weight is 436 g/mol. The number of hydrazone groups is 1. The Kier molecular flexibility index (Phi) is 7.79. The first-order valence-electron chi connectivity index (χ1n) is 8.87. The molecule has 0 fully saturated rings. The standard InChI is InChI=1S/C20H25N3O6S/c1-14-10-17(7-9-18(14)28-4)30(25,26)23(2)13-20(24)22-21-12-15-11-16(27-3)6-8-19(15)29-5/h6-12H,13H2,1-5H3,(H,22,24)/b21-12+. The van der Waals surface area contributed by atoms with Gasteiger partial charge in [0, 0.05) is 12.6 Å². The van der Waals surface area contributed by atoms with Crippen LogP contribution in [0.4, 0.5) is 0 Å². The van der Waals surface area contributed by atoms with Crippen molar-refractivity contribution in [3.8, 4) is 17.2 Å². The number of likely N-dealkylation sites (N-methyl/N-ethyl adjacent to an activating group) is 1. The molecule has 0 aliphatic rings. The van der Waals surface area contributed by atoms with Gasteiger partial charge in [-0.05, 0) is 48.9 Å². The maximum Gasteiger partial charge on any atom is 0.255 e. The van der Waals surface area contributed by atoms with E-state index in [4.69, 9.17) is 14.2 Å². The van der Waals surface area contributed by atoms with Gasteiger partial charge in [0.1, 0.15) is 17.2 Å². The largest absolute Gasteiger partial charge is 0.497 e. The van der Waals surface area contributed by atoms with E-state index in [1.807, 2.05) is 0 Å². The molecular weight excluding hydrogens is 410 g/mol. The Morgan fingerprint density at radius 3 is 2.33 bits per heavy atom. The van der Waals surface area contributed by atoms with Gasteiger partial charge in [-0.3, -0.25) is 4.79 Å². The Hall–Kier alpha value is -3.11. The zero-order valence-corrected chi connectivity index (χ0v) is 18.3. The first-order chi connectivity index (χ1) is 14.2. The number of nitrogens with one attached hydrogen (secondary N) is 1. The van der Waals surface area contributed by atoms with Crippen LogP contribution < -0.4 is 19.6 Å². The van der Waals surface area contributed by atoms with E-state index in [0.717, 1.165) is 4.31 Å². The van der Waals surface area contributed by atoms with Crippen molar-refractivity contribution in [3.63, 3.8) is 0 Å². The van der Waals surface area contributed by atoms with Crippen LogP contribution in [0.1, 0.15) is 11.1 Å². The molecule has 0 saturated heterocycles. The van der Waals surface area contributed by atoms with Crippen LogP contribution in [-0.2, 0) is 14.8 Å². The minimum Gasteiger partial charge on any atom is -0.497 e. The molecule has 9 nitrogen and oxygen atoms in total. The molecule has 2 aromatic rings. The van der Waals surface area contributed by atoms with Crippen LogP contribution in [0, 0.1) is 6.92 Å². The average Bonchev–Trinajstić information content (AvgIpc) is 2.73. The highest BCUT2D eigenvalue weighted by Gasteiger charge is 2.23. The summed E-state index contributed by atoms with van der Waals surface area (Å²) < 4.78 is 41.9. The molecule has 2 rings (SSSR count). The first-order valence-corrected chi connectivity index (χ1v) is 10.3. The van der Waals surface area contributed by atoms with Gasteiger partial charge in [0.25, 0.3) is 5.91 Å². The number of carbonyl (C=O) groups is 1. The van der Waals surface area contributed by atoms with Crippen LogP contribution >= 0.6 is 0 Å². The first kappa shape index (κ1) is 23.2. The molecule has 1 N–H and O–H groups in total. The third kappa shape index (κ3) is 5.49. The summed E-state index contributed by atoms with van der Waals surface area (Å²) in [6.45, 7) is 1.34. The summed E-state index contributed by atoms with van der Waals surface area (Å²) in [4.78, 5) is 12.2. The zero-order chi connectivity index (χ0) is 22.3. The Balaban J connectivity index is 2.05. The molecule has 0 unspecified atom stereocenters. The van der Waals surface area contributed by atoms with Crippen molar-refractivity contribution in [3.05, 3.63) is 47.5 Å². The fourth-order valence-corrected chi connectivity index (χ4v) is 3.84. The minimum absolute atomic E-state index is 0.0701. The molecule has 1 amide bonds. The normalized spacial score (nSPS) is 11.5. The van der Waals surface area contributed by atoms with Crippen LogP contribution in [0.15, 0.2) is 46.4 Å². The lowest BCUT2D eigenvalue weighted by atomic mass is 10.2. The predicted octanol–water partition coefficient (Wildman–Crippen LogP) is 1.79. The van der Waals surface area contributed by atoms with Gasteiger partial charge < -0.3 is 14.2 Å². The fourth-order valence-electron chi connectivity index (χ4n) is 2.63. The number of rotatable bonds is 9. The summed E-state index contributed by atoms with van der Waals surface area (Å²) in [5, 5.41) is 3.87. The van der Waals surface area contributed by atoms with E-state index < -0.39 is 22.5 Å². The molecule has 0 heterocycles. The number of ether oxygens (including phenoxy) is 3. The van der Waals surface area contributed by atoms with Gasteiger partial charge in [-0.25, -0.2) is 13.8 Å². The van der Waals surface area contributed by atoms with Gasteiger partial charge in [-0.1, -0.05) is 0 Å². The Bertz CT molecular complexity index is 1040. The predicted molar refractivity (Wildman–Crippen MR) is 113 cm³/mol. The molecule has 0 bridgehead atoms. The van der Waals surface area contributed by atoms with E-state index in [-0.39, 0.29) is 4.90 Å². The summed E-state index contributed by atoms with van der Waals surface area (Å²) in [6, 6.07) is 9.63. The maximum atomic E-state index is 12.7. The molecule has 0 aromatic heterocycles. The lowest BCUT2D eigenvalue weighted by Gasteiger charge is -2.17. The molecule has 10 heteroatoms. The van der Waals surface area contributed by atoms with E-state index >= 15 is 0 Å². The third-order valence-corrected chi connectivity index (χ3v) is 6.07. The van der Waals surface area contributed by atoms with Crippen LogP contribution in [0.25, 0.3) is 0 Å². The van der Waals surface area contributed by atoms with Crippen LogP contribution in [-0.4, -0.2) is 59.8 Å². The highest BCUT2D eigenvalue weighted by atomic mass is 32.2. The molecule has 0 aliphatic heterocycles. The number of aryl methyl sites for hydroxylation is 1. The Morgan fingerprint density at radius 1 is 1.07 bits per heavy atom. The highest BCUT2D eigenvalue weighted by molar-refractivity contribution is 7.89. The topological polar surface area (TPSA) is 107 Å². The van der Waals surface area contributed by atoms with Crippen molar-refractivity contribution >= 4 is 22.1 Å². The summed E-state index contributed by atoms with van der Waals surface area (Å²) in [7, 11) is 2.03. The smallest absolute Gasteiger partial charge is 0.255 e. The van der Waals surface area contributed by atoms with E-state index in [1.165, 1.54) is 46.7 Å². The molecule has 162 valence electrons. The van der Waals surface area contributed by atoms with Crippen molar-refractivity contribution in [2.75, 3.05) is 34.9 Å². The Morgan fingerprint density at radius 2 is 1.73 bits per heavy atom. The summed E-state index contributed by atoms with van der Waals surface area (Å²) in [5.74, 6) is 1.13. The lowest BCUT2D eigenvalue weighted by molar-refractivity contribution is -0.121. The molecule has 0 spiro atoms. The Labute approximate surface area is 176 Å². The fraction of sp³-hybridized carbons (Fsp3) is 0.300. The molecular formula is C20H25N3O6S. The van der Waals surface area contributed by atoms with Gasteiger partial charge in [-0.2, -0.15) is 9.41 Å². The maximum absolute atomic E-state index is 12.7. The van der Waals surface area contributed by atoms with Crippen molar-refractivity contribution in [1.29, 1.82) is 0 Å². The molecule has 0 saturated carbocycles. The van der Waals surface area contributed by atoms with Gasteiger partial charge in [0.15, 0.2) is 0 Å². The minimum atomic E-state index is -3.85. The molecule has 30 heavy (non-hydrogen) atoms. The van der Waals surface area contributed by atoms with E-state index in [9.17, 15) is 13.2 Å². The number of hydrogen-bond donors (Lipinski definition) is 1. The molecule has 0 aliphatic carbocycles. The third-order valence-electron chi connectivity index (χ3n) is 4.27. The number of benzene rings is 2. The lowest BCUT2D eigenvalue weighted by Crippen LogP contribution is -2.36. The van der Waals surface area contributed by atoms with E-state index in [0.29, 0.717) is 28.4 Å². The van der Waals surface area contributed by atoms with E-state index in [2.05, 4.69) is 10.5 Å². The molecule has 0 atom stereocenters. The number of hydrogen-bond acceptors (Lipinski definition) is 7. The SMILES string of the molecule is COc1ccc(OC)c(/C=N/NC(=O)CN(C)S(=O)(=O)c2ccc(OC)c(C)c2)c1. The van der Waals surface area contributed by atoms with Crippen molar-refractivity contribution in [1.82, 2.24) is 9.73 Å². The monoisotopic (exact) mass is 435 g/mol. The second-order valence-electron chi connectivity index (χ2n) is 6.29. The summed E-state index contributed by atoms with van der Waals surface area (Å²) in [6.07, 6.45) is 1.39. The second-order valence-corrected chi connectivity index (χ2v) is 8.34. The van der Waals surface area contributed by atoms with Crippen molar-refractivity contribution < 1.29 is 27.4 Å². The number of nitrogens with zero attached hydrogens (tertiary/aromatic N) is 2. The van der Waals surface area contributed by atoms with Crippen LogP contribution in [0.2, 0.25) is 0 Å². The number of methoxy groups -OCH3 is 3. The summed E-state index contributed by atoms with van der Waals surface area (Å²) in [5.41, 5.74) is 3.58. The number of carbonyl (C=O) groups excluding carboxylic acids is 1. The highest BCUT2D eigenvalue weighted by Crippen LogP contribution is 2.23. The van der Waals surface area contributed by atoms with Gasteiger partial charge in [0.2, 0.25) is 10.0 Å². The zero-order valence-electron chi connectivity index (χ0n) is 17.5. The van der Waals surface area contributed by atoms with Crippen LogP contribution in [0.5, 0.6) is 17.2 Å². The number of amides is 1. The van der Waals surface area contributed by atoms with Crippen molar-refractivity contribution in [2.24, 2.45) is 5.10 Å².